The van der Waals surface area contributed by atoms with Gasteiger partial charge in [0.15, 0.2) is 0 Å². The monoisotopic (exact) mass is 234 g/mol. The molecular formula is C11H23ClOSi. The van der Waals surface area contributed by atoms with E-state index < -0.39 is 8.07 Å². The van der Waals surface area contributed by atoms with E-state index in [0.29, 0.717) is 5.41 Å². The molecule has 1 atom stereocenters. The molecule has 0 aliphatic heterocycles. The average molecular weight is 235 g/mol. The first-order chi connectivity index (χ1) is 6.39. The Hall–Kier alpha value is 0.177. The van der Waals surface area contributed by atoms with Crippen LogP contribution in [0.5, 0.6) is 0 Å². The molecule has 1 nitrogen and oxygen atoms in total. The van der Waals surface area contributed by atoms with E-state index in [0.717, 1.165) is 12.8 Å². The number of carbonyl (C=O) groups is 1. The first kappa shape index (κ1) is 14.2. The SMILES string of the molecule is CCCCCCC(Cl)C(=O)[Si](C)(C)C. The van der Waals surface area contributed by atoms with Gasteiger partial charge in [0, 0.05) is 0 Å². The number of rotatable bonds is 7. The Labute approximate surface area is 94.2 Å². The van der Waals surface area contributed by atoms with Crippen molar-refractivity contribution in [3.63, 3.8) is 0 Å². The maximum Gasteiger partial charge on any atom is 0.128 e. The number of unbranched alkanes of at least 4 members (excludes halogenated alkanes) is 3. The van der Waals surface area contributed by atoms with Crippen LogP contribution in [0.2, 0.25) is 19.6 Å². The lowest BCUT2D eigenvalue weighted by atomic mass is 10.1. The molecule has 0 aromatic heterocycles. The van der Waals surface area contributed by atoms with Crippen LogP contribution >= 0.6 is 11.6 Å². The van der Waals surface area contributed by atoms with Crippen molar-refractivity contribution < 1.29 is 4.79 Å². The van der Waals surface area contributed by atoms with Crippen LogP contribution in [-0.4, -0.2) is 18.9 Å². The average Bonchev–Trinajstić information content (AvgIpc) is 2.09. The van der Waals surface area contributed by atoms with Gasteiger partial charge in [0.2, 0.25) is 0 Å². The van der Waals surface area contributed by atoms with Crippen LogP contribution < -0.4 is 0 Å². The van der Waals surface area contributed by atoms with Gasteiger partial charge in [0.05, 0.1) is 5.38 Å². The summed E-state index contributed by atoms with van der Waals surface area (Å²) in [6.45, 7) is 8.38. The Balaban J connectivity index is 3.74. The fourth-order valence-electron chi connectivity index (χ4n) is 1.35. The van der Waals surface area contributed by atoms with Gasteiger partial charge >= 0.3 is 0 Å². The maximum atomic E-state index is 11.8. The molecule has 14 heavy (non-hydrogen) atoms. The summed E-state index contributed by atoms with van der Waals surface area (Å²) in [5.41, 5.74) is 0. The zero-order chi connectivity index (χ0) is 11.2. The second-order valence-corrected chi connectivity index (χ2v) is 10.5. The summed E-state index contributed by atoms with van der Waals surface area (Å²) in [4.78, 5) is 11.8. The van der Waals surface area contributed by atoms with Crippen molar-refractivity contribution in [1.82, 2.24) is 0 Å². The number of halogens is 1. The minimum Gasteiger partial charge on any atom is -0.304 e. The largest absolute Gasteiger partial charge is 0.304 e. The topological polar surface area (TPSA) is 17.1 Å². The molecule has 0 heterocycles. The Morgan fingerprint density at radius 2 is 1.79 bits per heavy atom. The smallest absolute Gasteiger partial charge is 0.128 e. The van der Waals surface area contributed by atoms with E-state index >= 15 is 0 Å². The summed E-state index contributed by atoms with van der Waals surface area (Å²) in [6.07, 6.45) is 5.65. The Bertz CT molecular complexity index is 175. The van der Waals surface area contributed by atoms with E-state index in [2.05, 4.69) is 26.6 Å². The van der Waals surface area contributed by atoms with Crippen molar-refractivity contribution >= 4 is 25.1 Å². The fourth-order valence-corrected chi connectivity index (χ4v) is 3.57. The predicted molar refractivity (Wildman–Crippen MR) is 66.8 cm³/mol. The molecule has 0 aromatic carbocycles. The van der Waals surface area contributed by atoms with Crippen molar-refractivity contribution in [3.8, 4) is 0 Å². The Morgan fingerprint density at radius 1 is 1.21 bits per heavy atom. The molecule has 84 valence electrons. The third-order valence-corrected chi connectivity index (χ3v) is 4.76. The highest BCUT2D eigenvalue weighted by Gasteiger charge is 2.29. The molecule has 0 rings (SSSR count). The summed E-state index contributed by atoms with van der Waals surface area (Å²) in [6, 6.07) is 0. The number of hydrogen-bond acceptors (Lipinski definition) is 1. The zero-order valence-corrected chi connectivity index (χ0v) is 11.7. The Morgan fingerprint density at radius 3 is 2.21 bits per heavy atom. The molecule has 0 aliphatic carbocycles. The third-order valence-electron chi connectivity index (χ3n) is 2.33. The van der Waals surface area contributed by atoms with Gasteiger partial charge in [-0.15, -0.1) is 11.6 Å². The number of carbonyl (C=O) groups excluding carboxylic acids is 1. The van der Waals surface area contributed by atoms with Gasteiger partial charge in [0.1, 0.15) is 13.5 Å². The first-order valence-corrected chi connectivity index (χ1v) is 9.51. The summed E-state index contributed by atoms with van der Waals surface area (Å²) >= 11 is 6.08. The van der Waals surface area contributed by atoms with Gasteiger partial charge in [-0.1, -0.05) is 52.2 Å². The highest BCUT2D eigenvalue weighted by molar-refractivity contribution is 7.05. The predicted octanol–water partition coefficient (Wildman–Crippen LogP) is 4.01. The molecule has 0 spiro atoms. The van der Waals surface area contributed by atoms with E-state index in [-0.39, 0.29) is 5.38 Å². The van der Waals surface area contributed by atoms with Gasteiger partial charge < -0.3 is 4.79 Å². The lowest BCUT2D eigenvalue weighted by Crippen LogP contribution is -2.39. The number of hydrogen-bond donors (Lipinski definition) is 0. The van der Waals surface area contributed by atoms with Crippen LogP contribution in [-0.2, 0) is 4.79 Å². The normalized spacial score (nSPS) is 14.1. The molecule has 0 N–H and O–H groups in total. The minimum absolute atomic E-state index is 0.224. The highest BCUT2D eigenvalue weighted by atomic mass is 35.5. The quantitative estimate of drug-likeness (QED) is 0.370. The number of alkyl halides is 1. The summed E-state index contributed by atoms with van der Waals surface area (Å²) in [5.74, 6) is 0. The van der Waals surface area contributed by atoms with E-state index in [1.807, 2.05) is 0 Å². The van der Waals surface area contributed by atoms with Crippen LogP contribution in [0, 0.1) is 0 Å². The van der Waals surface area contributed by atoms with E-state index in [1.54, 1.807) is 0 Å². The molecule has 3 heteroatoms. The summed E-state index contributed by atoms with van der Waals surface area (Å²) in [7, 11) is -1.66. The van der Waals surface area contributed by atoms with E-state index in [4.69, 9.17) is 11.6 Å². The lowest BCUT2D eigenvalue weighted by Gasteiger charge is -2.18. The van der Waals surface area contributed by atoms with Crippen LogP contribution in [0.1, 0.15) is 39.0 Å². The van der Waals surface area contributed by atoms with Gasteiger partial charge in [-0.05, 0) is 6.42 Å². The lowest BCUT2D eigenvalue weighted by molar-refractivity contribution is -0.112. The summed E-state index contributed by atoms with van der Waals surface area (Å²) < 4.78 is 0. The van der Waals surface area contributed by atoms with E-state index in [1.165, 1.54) is 19.3 Å². The molecule has 0 saturated heterocycles. The molecule has 0 bridgehead atoms. The van der Waals surface area contributed by atoms with Crippen molar-refractivity contribution in [2.45, 2.75) is 64.0 Å². The second kappa shape index (κ2) is 6.62. The standard InChI is InChI=1S/C11H23ClOSi/c1-5-6-7-8-9-10(12)11(13)14(2,3)4/h10H,5-9H2,1-4H3. The van der Waals surface area contributed by atoms with Gasteiger partial charge in [0.25, 0.3) is 0 Å². The van der Waals surface area contributed by atoms with E-state index in [9.17, 15) is 4.79 Å². The molecule has 0 aliphatic rings. The molecule has 0 fully saturated rings. The van der Waals surface area contributed by atoms with Gasteiger partial charge in [-0.25, -0.2) is 0 Å². The minimum atomic E-state index is -1.66. The van der Waals surface area contributed by atoms with Gasteiger partial charge in [-0.2, -0.15) is 0 Å². The zero-order valence-electron chi connectivity index (χ0n) is 9.90. The van der Waals surface area contributed by atoms with Crippen molar-refractivity contribution in [2.24, 2.45) is 0 Å². The molecular weight excluding hydrogens is 212 g/mol. The van der Waals surface area contributed by atoms with Gasteiger partial charge in [-0.3, -0.25) is 0 Å². The molecule has 0 aromatic rings. The maximum absolute atomic E-state index is 11.8. The molecule has 0 saturated carbocycles. The summed E-state index contributed by atoms with van der Waals surface area (Å²) in [5, 5.41) is 0.0918. The van der Waals surface area contributed by atoms with Crippen molar-refractivity contribution in [3.05, 3.63) is 0 Å². The van der Waals surface area contributed by atoms with Crippen LogP contribution in [0.3, 0.4) is 0 Å². The Kier molecular flexibility index (Phi) is 6.71. The van der Waals surface area contributed by atoms with Crippen LogP contribution in [0.4, 0.5) is 0 Å². The van der Waals surface area contributed by atoms with Crippen LogP contribution in [0.15, 0.2) is 0 Å². The third kappa shape index (κ3) is 5.81. The van der Waals surface area contributed by atoms with Crippen molar-refractivity contribution in [1.29, 1.82) is 0 Å². The molecule has 1 unspecified atom stereocenters. The highest BCUT2D eigenvalue weighted by Crippen LogP contribution is 2.16. The fraction of sp³-hybridized carbons (Fsp3) is 0.909. The molecule has 0 radical (unpaired) electrons. The van der Waals surface area contributed by atoms with Crippen LogP contribution in [0.25, 0.3) is 0 Å². The van der Waals surface area contributed by atoms with Crippen molar-refractivity contribution in [2.75, 3.05) is 0 Å². The molecule has 0 amide bonds. The second-order valence-electron chi connectivity index (χ2n) is 4.93. The first-order valence-electron chi connectivity index (χ1n) is 5.58.